The van der Waals surface area contributed by atoms with Crippen molar-refractivity contribution in [3.05, 3.63) is 0 Å². The van der Waals surface area contributed by atoms with Gasteiger partial charge in [0.15, 0.2) is 0 Å². The predicted molar refractivity (Wildman–Crippen MR) is 84.4 cm³/mol. The maximum Gasteiger partial charge on any atom is 0.110 e. The molecule has 4 atom stereocenters. The fourth-order valence-corrected chi connectivity index (χ4v) is 2.76. The van der Waals surface area contributed by atoms with Crippen LogP contribution in [0.5, 0.6) is 0 Å². The van der Waals surface area contributed by atoms with Gasteiger partial charge in [0, 0.05) is 0 Å². The molecule has 1 heterocycles. The van der Waals surface area contributed by atoms with Crippen LogP contribution in [-0.2, 0) is 9.47 Å². The zero-order valence-corrected chi connectivity index (χ0v) is 13.8. The predicted octanol–water partition coefficient (Wildman–Crippen LogP) is 3.04. The van der Waals surface area contributed by atoms with E-state index in [1.807, 2.05) is 0 Å². The molecule has 126 valence electrons. The molecule has 0 aromatic carbocycles. The minimum absolute atomic E-state index is 0.214. The fourth-order valence-electron chi connectivity index (χ4n) is 2.76. The zero-order valence-electron chi connectivity index (χ0n) is 13.8. The molecule has 1 saturated heterocycles. The van der Waals surface area contributed by atoms with Crippen molar-refractivity contribution in [2.75, 3.05) is 13.2 Å². The van der Waals surface area contributed by atoms with Gasteiger partial charge >= 0.3 is 0 Å². The van der Waals surface area contributed by atoms with Gasteiger partial charge in [0.25, 0.3) is 0 Å². The van der Waals surface area contributed by atoms with Crippen LogP contribution in [0.25, 0.3) is 0 Å². The second-order valence-corrected chi connectivity index (χ2v) is 6.23. The van der Waals surface area contributed by atoms with Gasteiger partial charge in [-0.3, -0.25) is 0 Å². The van der Waals surface area contributed by atoms with E-state index in [-0.39, 0.29) is 18.8 Å². The lowest BCUT2D eigenvalue weighted by Crippen LogP contribution is -2.34. The Morgan fingerprint density at radius 3 is 2.29 bits per heavy atom. The summed E-state index contributed by atoms with van der Waals surface area (Å²) >= 11 is 0. The number of hydrogen-bond donors (Lipinski definition) is 2. The van der Waals surface area contributed by atoms with E-state index in [0.29, 0.717) is 6.61 Å². The molecule has 1 rings (SSSR count). The van der Waals surface area contributed by atoms with Crippen molar-refractivity contribution in [2.45, 2.75) is 96.1 Å². The van der Waals surface area contributed by atoms with Crippen molar-refractivity contribution < 1.29 is 19.7 Å². The molecule has 1 aliphatic rings. The summed E-state index contributed by atoms with van der Waals surface area (Å²) in [4.78, 5) is 0. The Morgan fingerprint density at radius 1 is 1.00 bits per heavy atom. The quantitative estimate of drug-likeness (QED) is 0.544. The van der Waals surface area contributed by atoms with Gasteiger partial charge in [-0.25, -0.2) is 0 Å². The van der Waals surface area contributed by atoms with Crippen molar-refractivity contribution in [1.82, 2.24) is 0 Å². The van der Waals surface area contributed by atoms with Crippen LogP contribution in [0.15, 0.2) is 0 Å². The maximum absolute atomic E-state index is 9.76. The normalized spacial score (nSPS) is 27.1. The lowest BCUT2D eigenvalue weighted by Gasteiger charge is -2.21. The molecule has 4 heteroatoms. The molecule has 0 amide bonds. The van der Waals surface area contributed by atoms with E-state index in [4.69, 9.17) is 9.47 Å². The van der Waals surface area contributed by atoms with Crippen LogP contribution < -0.4 is 0 Å². The molecule has 0 aliphatic carbocycles. The maximum atomic E-state index is 9.76. The number of ether oxygens (including phenoxy) is 2. The van der Waals surface area contributed by atoms with Crippen LogP contribution in [-0.4, -0.2) is 47.8 Å². The summed E-state index contributed by atoms with van der Waals surface area (Å²) in [5.41, 5.74) is 0. The topological polar surface area (TPSA) is 58.9 Å². The highest BCUT2D eigenvalue weighted by atomic mass is 16.6. The van der Waals surface area contributed by atoms with E-state index in [2.05, 4.69) is 13.8 Å². The van der Waals surface area contributed by atoms with Crippen LogP contribution >= 0.6 is 0 Å². The van der Waals surface area contributed by atoms with Crippen LogP contribution in [0.4, 0.5) is 0 Å². The fraction of sp³-hybridized carbons (Fsp3) is 1.00. The van der Waals surface area contributed by atoms with Gasteiger partial charge in [-0.2, -0.15) is 0 Å². The van der Waals surface area contributed by atoms with Gasteiger partial charge in [-0.15, -0.1) is 0 Å². The van der Waals surface area contributed by atoms with E-state index in [1.54, 1.807) is 0 Å². The summed E-state index contributed by atoms with van der Waals surface area (Å²) in [7, 11) is 0. The molecule has 0 bridgehead atoms. The first-order valence-corrected chi connectivity index (χ1v) is 8.78. The largest absolute Gasteiger partial charge is 0.388 e. The van der Waals surface area contributed by atoms with Crippen LogP contribution in [0, 0.1) is 0 Å². The number of unbranched alkanes of at least 4 members (excludes halogenated alkanes) is 5. The summed E-state index contributed by atoms with van der Waals surface area (Å²) in [5, 5.41) is 19.2. The minimum atomic E-state index is -0.804. The molecule has 2 N–H and O–H groups in total. The summed E-state index contributed by atoms with van der Waals surface area (Å²) < 4.78 is 11.3. The lowest BCUT2D eigenvalue weighted by atomic mass is 10.0. The van der Waals surface area contributed by atoms with Crippen molar-refractivity contribution in [3.63, 3.8) is 0 Å². The van der Waals surface area contributed by atoms with Crippen LogP contribution in [0.2, 0.25) is 0 Å². The average Bonchev–Trinajstić information content (AvgIpc) is 2.80. The van der Waals surface area contributed by atoms with E-state index in [9.17, 15) is 10.2 Å². The Kier molecular flexibility index (Phi) is 10.3. The van der Waals surface area contributed by atoms with E-state index >= 15 is 0 Å². The van der Waals surface area contributed by atoms with Gasteiger partial charge in [0.1, 0.15) is 18.3 Å². The van der Waals surface area contributed by atoms with E-state index in [0.717, 1.165) is 12.8 Å². The second-order valence-electron chi connectivity index (χ2n) is 6.23. The molecular formula is C17H34O4. The van der Waals surface area contributed by atoms with Gasteiger partial charge in [0.05, 0.1) is 19.3 Å². The third-order valence-corrected chi connectivity index (χ3v) is 4.26. The Hall–Kier alpha value is -0.160. The van der Waals surface area contributed by atoms with Crippen molar-refractivity contribution in [2.24, 2.45) is 0 Å². The number of aliphatic hydroxyl groups excluding tert-OH is 2. The van der Waals surface area contributed by atoms with E-state index < -0.39 is 12.2 Å². The first kappa shape index (κ1) is 18.9. The molecule has 0 aromatic rings. The molecule has 0 saturated carbocycles. The molecule has 0 spiro atoms. The van der Waals surface area contributed by atoms with Crippen LogP contribution in [0.3, 0.4) is 0 Å². The molecule has 1 aliphatic heterocycles. The highest BCUT2D eigenvalue weighted by Gasteiger charge is 2.34. The highest BCUT2D eigenvalue weighted by Crippen LogP contribution is 2.19. The molecule has 4 nitrogen and oxygen atoms in total. The molecule has 1 fully saturated rings. The first-order valence-electron chi connectivity index (χ1n) is 8.78. The second kappa shape index (κ2) is 11.4. The Balaban J connectivity index is 2.22. The van der Waals surface area contributed by atoms with Crippen molar-refractivity contribution >= 4 is 0 Å². The number of rotatable bonds is 12. The lowest BCUT2D eigenvalue weighted by molar-refractivity contribution is -0.0585. The third kappa shape index (κ3) is 7.59. The minimum Gasteiger partial charge on any atom is -0.388 e. The van der Waals surface area contributed by atoms with Gasteiger partial charge in [0.2, 0.25) is 0 Å². The van der Waals surface area contributed by atoms with Crippen molar-refractivity contribution in [3.8, 4) is 0 Å². The SMILES string of the molecule is CCCCCCCC(CCCC)OCC1OCC(O)C1O. The zero-order chi connectivity index (χ0) is 15.5. The molecule has 0 aromatic heterocycles. The summed E-state index contributed by atoms with van der Waals surface area (Å²) in [5.74, 6) is 0. The Labute approximate surface area is 129 Å². The molecule has 0 radical (unpaired) electrons. The van der Waals surface area contributed by atoms with E-state index in [1.165, 1.54) is 44.9 Å². The summed E-state index contributed by atoms with van der Waals surface area (Å²) in [6.07, 6.45) is 9.25. The highest BCUT2D eigenvalue weighted by molar-refractivity contribution is 4.83. The average molecular weight is 302 g/mol. The molecular weight excluding hydrogens is 268 g/mol. The number of hydrogen-bond acceptors (Lipinski definition) is 4. The monoisotopic (exact) mass is 302 g/mol. The van der Waals surface area contributed by atoms with Gasteiger partial charge in [-0.05, 0) is 12.8 Å². The third-order valence-electron chi connectivity index (χ3n) is 4.26. The number of aliphatic hydroxyl groups is 2. The van der Waals surface area contributed by atoms with Gasteiger partial charge in [-0.1, -0.05) is 58.8 Å². The molecule has 21 heavy (non-hydrogen) atoms. The Bertz CT molecular complexity index is 247. The summed E-state index contributed by atoms with van der Waals surface area (Å²) in [6.45, 7) is 5.03. The van der Waals surface area contributed by atoms with Crippen molar-refractivity contribution in [1.29, 1.82) is 0 Å². The van der Waals surface area contributed by atoms with Gasteiger partial charge < -0.3 is 19.7 Å². The first-order chi connectivity index (χ1) is 10.2. The smallest absolute Gasteiger partial charge is 0.110 e. The molecule has 4 unspecified atom stereocenters. The van der Waals surface area contributed by atoms with Crippen LogP contribution in [0.1, 0.15) is 71.6 Å². The Morgan fingerprint density at radius 2 is 1.67 bits per heavy atom. The standard InChI is InChI=1S/C17H34O4/c1-3-5-7-8-9-11-14(10-6-4-2)20-13-16-17(19)15(18)12-21-16/h14-19H,3-13H2,1-2H3. The summed E-state index contributed by atoms with van der Waals surface area (Å²) in [6, 6.07) is 0.